The van der Waals surface area contributed by atoms with Crippen LogP contribution in [0.25, 0.3) is 0 Å². The molecule has 0 radical (unpaired) electrons. The molecule has 18 heteroatoms. The van der Waals surface area contributed by atoms with E-state index in [0.29, 0.717) is 84.6 Å². The van der Waals surface area contributed by atoms with Gasteiger partial charge >= 0.3 is 36.1 Å². The van der Waals surface area contributed by atoms with Crippen molar-refractivity contribution in [2.45, 2.75) is 102 Å². The highest BCUT2D eigenvalue weighted by Crippen LogP contribution is 2.38. The van der Waals surface area contributed by atoms with Crippen molar-refractivity contribution in [2.24, 2.45) is 10.8 Å². The zero-order valence-corrected chi connectivity index (χ0v) is 34.9. The fraction of sp³-hybridized carbons (Fsp3) is 0.850. The van der Waals surface area contributed by atoms with Crippen LogP contribution in [-0.2, 0) is 38.1 Å². The monoisotopic (exact) mass is 822 g/mol. The van der Waals surface area contributed by atoms with E-state index in [1.807, 2.05) is 9.80 Å². The van der Waals surface area contributed by atoms with Gasteiger partial charge < -0.3 is 48.8 Å². The Labute approximate surface area is 342 Å². The molecule has 2 N–H and O–H groups in total. The Hall–Kier alpha value is -3.74. The average Bonchev–Trinajstić information content (AvgIpc) is 3.74. The molecule has 6 heterocycles. The number of carbonyl (C=O) groups is 6. The molecule has 6 rings (SSSR count). The summed E-state index contributed by atoms with van der Waals surface area (Å²) in [6.07, 6.45) is 4.41. The summed E-state index contributed by atoms with van der Waals surface area (Å²) < 4.78 is 21.6. The molecule has 0 saturated carbocycles. The average molecular weight is 823 g/mol. The van der Waals surface area contributed by atoms with Gasteiger partial charge in [0.25, 0.3) is 0 Å². The van der Waals surface area contributed by atoms with Crippen LogP contribution in [0, 0.1) is 10.8 Å². The first kappa shape index (κ1) is 45.3. The van der Waals surface area contributed by atoms with Gasteiger partial charge in [-0.1, -0.05) is 0 Å². The lowest BCUT2D eigenvalue weighted by Crippen LogP contribution is -2.49. The topological polar surface area (TPSA) is 199 Å². The first-order valence-corrected chi connectivity index (χ1v) is 21.2. The predicted octanol–water partition coefficient (Wildman–Crippen LogP) is 2.04. The fourth-order valence-corrected chi connectivity index (χ4v) is 9.37. The van der Waals surface area contributed by atoms with Crippen LogP contribution in [0.4, 0.5) is 9.59 Å². The van der Waals surface area contributed by atoms with Gasteiger partial charge in [0.05, 0.1) is 50.0 Å². The fourth-order valence-electron chi connectivity index (χ4n) is 9.37. The van der Waals surface area contributed by atoms with Gasteiger partial charge in [0, 0.05) is 25.2 Å². The van der Waals surface area contributed by atoms with E-state index in [1.165, 1.54) is 0 Å². The third-order valence-electron chi connectivity index (χ3n) is 13.1. The Morgan fingerprint density at radius 1 is 0.638 bits per heavy atom. The molecule has 6 aliphatic rings. The van der Waals surface area contributed by atoms with Crippen LogP contribution >= 0.6 is 0 Å². The molecule has 2 atom stereocenters. The van der Waals surface area contributed by atoms with E-state index in [0.717, 1.165) is 51.9 Å². The molecule has 6 aliphatic heterocycles. The molecular formula is C40H66N6O12. The smallest absolute Gasteiger partial charge is 0.410 e. The summed E-state index contributed by atoms with van der Waals surface area (Å²) in [6.45, 7) is 12.8. The summed E-state index contributed by atoms with van der Waals surface area (Å²) in [5, 5.41) is 18.5. The number of piperidine rings is 4. The van der Waals surface area contributed by atoms with Crippen LogP contribution in [0.3, 0.4) is 0 Å². The van der Waals surface area contributed by atoms with Crippen molar-refractivity contribution in [2.75, 3.05) is 106 Å². The number of aliphatic carboxylic acids is 2. The molecule has 328 valence electrons. The van der Waals surface area contributed by atoms with Crippen molar-refractivity contribution in [3.05, 3.63) is 0 Å². The van der Waals surface area contributed by atoms with Crippen LogP contribution in [0.1, 0.15) is 78.1 Å². The van der Waals surface area contributed by atoms with Crippen LogP contribution in [-0.4, -0.2) is 206 Å². The second-order valence-electron chi connectivity index (χ2n) is 17.1. The Bertz CT molecular complexity index is 1430. The minimum Gasteiger partial charge on any atom is -0.481 e. The Balaban J connectivity index is 0.000000223. The number of carboxylic acids is 2. The largest absolute Gasteiger partial charge is 0.481 e. The molecule has 0 spiro atoms. The number of carbonyl (C=O) groups excluding carboxylic acids is 4. The van der Waals surface area contributed by atoms with Gasteiger partial charge in [-0.3, -0.25) is 29.0 Å². The lowest BCUT2D eigenvalue weighted by Gasteiger charge is -2.39. The third-order valence-corrected chi connectivity index (χ3v) is 13.1. The van der Waals surface area contributed by atoms with Crippen molar-refractivity contribution in [1.29, 1.82) is 0 Å². The van der Waals surface area contributed by atoms with Gasteiger partial charge in [-0.2, -0.15) is 0 Å². The molecule has 0 aliphatic carbocycles. The molecule has 0 bridgehead atoms. The van der Waals surface area contributed by atoms with Crippen LogP contribution in [0.15, 0.2) is 0 Å². The van der Waals surface area contributed by atoms with Gasteiger partial charge in [-0.25, -0.2) is 9.59 Å². The van der Waals surface area contributed by atoms with Crippen LogP contribution < -0.4 is 0 Å². The normalized spacial score (nSPS) is 26.3. The lowest BCUT2D eigenvalue weighted by atomic mass is 9.75. The van der Waals surface area contributed by atoms with Crippen molar-refractivity contribution in [3.63, 3.8) is 0 Å². The van der Waals surface area contributed by atoms with E-state index in [-0.39, 0.29) is 67.9 Å². The number of hydrogen-bond donors (Lipinski definition) is 2. The van der Waals surface area contributed by atoms with E-state index >= 15 is 0 Å². The van der Waals surface area contributed by atoms with E-state index in [1.54, 1.807) is 13.8 Å². The van der Waals surface area contributed by atoms with Gasteiger partial charge in [-0.15, -0.1) is 0 Å². The third kappa shape index (κ3) is 11.7. The SMILES string of the molecule is CCOC(=O)CC1(C(=O)OCC)CCN(CC2CN(C3CCN(C)CC3)C(=O)O2)CC1.CN1CCC(N2CC(CN3CCC(CC(=O)O)(C(=O)O)CC3)OC2=O)CC1. The van der Waals surface area contributed by atoms with Gasteiger partial charge in [0.1, 0.15) is 12.2 Å². The highest BCUT2D eigenvalue weighted by atomic mass is 16.6. The van der Waals surface area contributed by atoms with E-state index in [9.17, 15) is 33.9 Å². The quantitative estimate of drug-likeness (QED) is 0.190. The second-order valence-corrected chi connectivity index (χ2v) is 17.1. The van der Waals surface area contributed by atoms with Crippen molar-refractivity contribution in [1.82, 2.24) is 29.4 Å². The van der Waals surface area contributed by atoms with Gasteiger partial charge in [0.15, 0.2) is 0 Å². The zero-order valence-electron chi connectivity index (χ0n) is 34.9. The minimum atomic E-state index is -1.19. The Morgan fingerprint density at radius 2 is 1.05 bits per heavy atom. The molecule has 2 unspecified atom stereocenters. The number of cyclic esters (lactones) is 2. The summed E-state index contributed by atoms with van der Waals surface area (Å²) in [6, 6.07) is 0.492. The maximum atomic E-state index is 12.7. The number of esters is 2. The zero-order chi connectivity index (χ0) is 42.0. The van der Waals surface area contributed by atoms with Crippen LogP contribution in [0.5, 0.6) is 0 Å². The molecule has 6 fully saturated rings. The standard InChI is InChI=1S/C22H37N3O6.C18H29N3O6/c1-4-29-19(26)14-22(20(27)30-5-2)8-12-24(13-9-22)15-18-16-25(21(28)31-18)17-6-10-23(3)11-7-17;1-19-6-2-13(3-7-19)21-12-14(27-17(21)26)11-20-8-4-18(5-9-20,16(24)25)10-15(22)23/h17-18H,4-16H2,1-3H3;13-14H,2-12H2,1H3,(H,22,23)(H,24,25). The number of nitrogens with zero attached hydrogens (tertiary/aromatic N) is 6. The maximum Gasteiger partial charge on any atom is 0.410 e. The number of ether oxygens (including phenoxy) is 4. The molecule has 0 aromatic carbocycles. The van der Waals surface area contributed by atoms with E-state index in [4.69, 9.17) is 24.1 Å². The Kier molecular flexibility index (Phi) is 16.0. The summed E-state index contributed by atoms with van der Waals surface area (Å²) in [7, 11) is 4.19. The number of carboxylic acid groups (broad SMARTS) is 2. The Morgan fingerprint density at radius 3 is 1.43 bits per heavy atom. The summed E-state index contributed by atoms with van der Waals surface area (Å²) in [5.74, 6) is -2.79. The summed E-state index contributed by atoms with van der Waals surface area (Å²) >= 11 is 0. The van der Waals surface area contributed by atoms with Crippen LogP contribution in [0.2, 0.25) is 0 Å². The molecule has 18 nitrogen and oxygen atoms in total. The first-order chi connectivity index (χ1) is 27.7. The number of hydrogen-bond acceptors (Lipinski definition) is 14. The van der Waals surface area contributed by atoms with E-state index in [2.05, 4.69) is 33.7 Å². The number of likely N-dealkylation sites (tertiary alicyclic amines) is 4. The number of rotatable bonds is 14. The van der Waals surface area contributed by atoms with Crippen molar-refractivity contribution >= 4 is 36.1 Å². The number of amides is 2. The molecule has 0 aromatic heterocycles. The van der Waals surface area contributed by atoms with Gasteiger partial charge in [-0.05, 0) is 132 Å². The minimum absolute atomic E-state index is 0.0514. The maximum absolute atomic E-state index is 12.7. The highest BCUT2D eigenvalue weighted by molar-refractivity contribution is 5.84. The molecule has 6 saturated heterocycles. The first-order valence-electron chi connectivity index (χ1n) is 21.2. The highest BCUT2D eigenvalue weighted by Gasteiger charge is 2.47. The molecule has 2 amide bonds. The summed E-state index contributed by atoms with van der Waals surface area (Å²) in [5.41, 5.74) is -2.01. The summed E-state index contributed by atoms with van der Waals surface area (Å²) in [4.78, 5) is 84.7. The predicted molar refractivity (Wildman–Crippen MR) is 209 cm³/mol. The van der Waals surface area contributed by atoms with Crippen molar-refractivity contribution in [3.8, 4) is 0 Å². The second kappa shape index (κ2) is 20.5. The lowest BCUT2D eigenvalue weighted by molar-refractivity contribution is -0.165. The van der Waals surface area contributed by atoms with E-state index < -0.39 is 22.8 Å². The molecule has 58 heavy (non-hydrogen) atoms. The molecule has 0 aromatic rings. The van der Waals surface area contributed by atoms with Crippen molar-refractivity contribution < 1.29 is 57.9 Å². The molecular weight excluding hydrogens is 756 g/mol. The van der Waals surface area contributed by atoms with Gasteiger partial charge in [0.2, 0.25) is 0 Å².